The van der Waals surface area contributed by atoms with Crippen molar-refractivity contribution in [3.05, 3.63) is 34.8 Å². The van der Waals surface area contributed by atoms with Crippen molar-refractivity contribution in [2.45, 2.75) is 19.4 Å². The van der Waals surface area contributed by atoms with Crippen LogP contribution in [0.4, 0.5) is 5.82 Å². The first-order valence-electron chi connectivity index (χ1n) is 10.5. The summed E-state index contributed by atoms with van der Waals surface area (Å²) in [4.78, 5) is 26.1. The molecule has 4 rings (SSSR count). The SMILES string of the molecule is C[C@@H]1C(=O)N(C)CCN1CCCN1CCN(c2ccc3cc(Br)ccc3n2)CC1. The molecule has 0 spiro atoms. The maximum absolute atomic E-state index is 12.1. The number of hydrogen-bond donors (Lipinski definition) is 0. The summed E-state index contributed by atoms with van der Waals surface area (Å²) in [6.45, 7) is 10.1. The molecule has 1 amide bonds. The summed E-state index contributed by atoms with van der Waals surface area (Å²) in [6.07, 6.45) is 1.12. The number of likely N-dealkylation sites (N-methyl/N-ethyl adjacent to an activating group) is 1. The highest BCUT2D eigenvalue weighted by Crippen LogP contribution is 2.22. The van der Waals surface area contributed by atoms with E-state index in [0.29, 0.717) is 0 Å². The Labute approximate surface area is 181 Å². The molecule has 0 aliphatic carbocycles. The highest BCUT2D eigenvalue weighted by molar-refractivity contribution is 9.10. The Balaban J connectivity index is 1.24. The summed E-state index contributed by atoms with van der Waals surface area (Å²) in [6, 6.07) is 10.5. The second-order valence-corrected chi connectivity index (χ2v) is 9.08. The molecule has 0 N–H and O–H groups in total. The summed E-state index contributed by atoms with van der Waals surface area (Å²) in [5, 5.41) is 1.17. The van der Waals surface area contributed by atoms with Gasteiger partial charge in [0, 0.05) is 62.7 Å². The predicted octanol–water partition coefficient (Wildman–Crippen LogP) is 2.67. The highest BCUT2D eigenvalue weighted by Gasteiger charge is 2.28. The van der Waals surface area contributed by atoms with Crippen molar-refractivity contribution in [3.8, 4) is 0 Å². The van der Waals surface area contributed by atoms with E-state index in [1.165, 1.54) is 5.39 Å². The zero-order chi connectivity index (χ0) is 20.4. The molecule has 0 saturated carbocycles. The van der Waals surface area contributed by atoms with Crippen molar-refractivity contribution >= 4 is 38.6 Å². The molecule has 3 heterocycles. The minimum Gasteiger partial charge on any atom is -0.354 e. The number of aromatic nitrogens is 1. The van der Waals surface area contributed by atoms with Crippen molar-refractivity contribution < 1.29 is 4.79 Å². The van der Waals surface area contributed by atoms with Gasteiger partial charge >= 0.3 is 0 Å². The molecule has 1 atom stereocenters. The number of benzene rings is 1. The van der Waals surface area contributed by atoms with Crippen molar-refractivity contribution in [3.63, 3.8) is 0 Å². The average Bonchev–Trinajstić information content (AvgIpc) is 2.74. The van der Waals surface area contributed by atoms with Crippen molar-refractivity contribution in [2.24, 2.45) is 0 Å². The molecule has 2 aromatic rings. The zero-order valence-electron chi connectivity index (χ0n) is 17.4. The smallest absolute Gasteiger partial charge is 0.239 e. The third kappa shape index (κ3) is 4.73. The van der Waals surface area contributed by atoms with Gasteiger partial charge in [-0.3, -0.25) is 14.6 Å². The van der Waals surface area contributed by atoms with Gasteiger partial charge in [0.2, 0.25) is 5.91 Å². The lowest BCUT2D eigenvalue weighted by atomic mass is 10.1. The summed E-state index contributed by atoms with van der Waals surface area (Å²) in [5.41, 5.74) is 1.05. The van der Waals surface area contributed by atoms with Crippen molar-refractivity contribution in [1.82, 2.24) is 19.7 Å². The largest absolute Gasteiger partial charge is 0.354 e. The Morgan fingerprint density at radius 3 is 2.62 bits per heavy atom. The molecule has 2 aliphatic heterocycles. The highest BCUT2D eigenvalue weighted by atomic mass is 79.9. The molecule has 6 nitrogen and oxygen atoms in total. The fraction of sp³-hybridized carbons (Fsp3) is 0.545. The first kappa shape index (κ1) is 20.6. The number of pyridine rings is 1. The number of rotatable bonds is 5. The van der Waals surface area contributed by atoms with E-state index in [1.807, 2.05) is 24.9 Å². The van der Waals surface area contributed by atoms with Crippen LogP contribution >= 0.6 is 15.9 Å². The van der Waals surface area contributed by atoms with Gasteiger partial charge in [-0.05, 0) is 50.2 Å². The van der Waals surface area contributed by atoms with Gasteiger partial charge in [0.1, 0.15) is 5.82 Å². The van der Waals surface area contributed by atoms with E-state index in [9.17, 15) is 4.79 Å². The molecule has 1 aromatic heterocycles. The molecule has 0 unspecified atom stereocenters. The Kier molecular flexibility index (Phi) is 6.37. The molecule has 1 aromatic carbocycles. The Morgan fingerprint density at radius 1 is 1.03 bits per heavy atom. The summed E-state index contributed by atoms with van der Waals surface area (Å²) in [5.74, 6) is 1.32. The van der Waals surface area contributed by atoms with Gasteiger partial charge < -0.3 is 9.80 Å². The third-order valence-corrected chi connectivity index (χ3v) is 6.75. The molecule has 156 valence electrons. The number of fused-ring (bicyclic) bond motifs is 1. The van der Waals surface area contributed by atoms with Crippen LogP contribution in [0.3, 0.4) is 0 Å². The van der Waals surface area contributed by atoms with Gasteiger partial charge in [-0.2, -0.15) is 0 Å². The number of anilines is 1. The van der Waals surface area contributed by atoms with E-state index in [1.54, 1.807) is 0 Å². The van der Waals surface area contributed by atoms with Gasteiger partial charge in [-0.15, -0.1) is 0 Å². The molecule has 29 heavy (non-hydrogen) atoms. The lowest BCUT2D eigenvalue weighted by Crippen LogP contribution is -2.54. The van der Waals surface area contributed by atoms with Crippen LogP contribution in [0, 0.1) is 0 Å². The number of hydrogen-bond acceptors (Lipinski definition) is 5. The molecule has 7 heteroatoms. The van der Waals surface area contributed by atoms with Gasteiger partial charge in [0.05, 0.1) is 11.6 Å². The average molecular weight is 460 g/mol. The quantitative estimate of drug-likeness (QED) is 0.687. The van der Waals surface area contributed by atoms with Crippen molar-refractivity contribution in [1.29, 1.82) is 0 Å². The van der Waals surface area contributed by atoms with Crippen LogP contribution in [-0.2, 0) is 4.79 Å². The number of piperazine rings is 2. The van der Waals surface area contributed by atoms with Gasteiger partial charge in [-0.1, -0.05) is 15.9 Å². The lowest BCUT2D eigenvalue weighted by Gasteiger charge is -2.38. The maximum Gasteiger partial charge on any atom is 0.239 e. The molecular weight excluding hydrogens is 430 g/mol. The Morgan fingerprint density at radius 2 is 1.83 bits per heavy atom. The number of carbonyl (C=O) groups excluding carboxylic acids is 1. The predicted molar refractivity (Wildman–Crippen MR) is 121 cm³/mol. The first-order chi connectivity index (χ1) is 14.0. The third-order valence-electron chi connectivity index (χ3n) is 6.26. The fourth-order valence-corrected chi connectivity index (χ4v) is 4.70. The van der Waals surface area contributed by atoms with Gasteiger partial charge in [0.15, 0.2) is 0 Å². The fourth-order valence-electron chi connectivity index (χ4n) is 4.32. The van der Waals surface area contributed by atoms with E-state index in [-0.39, 0.29) is 11.9 Å². The molecule has 0 radical (unpaired) electrons. The monoisotopic (exact) mass is 459 g/mol. The van der Waals surface area contributed by atoms with Crippen LogP contribution in [0.2, 0.25) is 0 Å². The number of nitrogens with zero attached hydrogens (tertiary/aromatic N) is 5. The maximum atomic E-state index is 12.1. The molecule has 2 fully saturated rings. The Bertz CT molecular complexity index is 867. The van der Waals surface area contributed by atoms with E-state index < -0.39 is 0 Å². The zero-order valence-corrected chi connectivity index (χ0v) is 18.9. The Hall–Kier alpha value is -1.70. The van der Waals surface area contributed by atoms with Crippen LogP contribution in [0.1, 0.15) is 13.3 Å². The van der Waals surface area contributed by atoms with Crippen LogP contribution in [0.15, 0.2) is 34.8 Å². The van der Waals surface area contributed by atoms with Gasteiger partial charge in [0.25, 0.3) is 0 Å². The minimum atomic E-state index is 0.0187. The second kappa shape index (κ2) is 8.98. The van der Waals surface area contributed by atoms with Crippen molar-refractivity contribution in [2.75, 3.05) is 64.3 Å². The molecule has 2 aliphatic rings. The lowest BCUT2D eigenvalue weighted by molar-refractivity contribution is -0.139. The number of carbonyl (C=O) groups is 1. The van der Waals surface area contributed by atoms with Crippen LogP contribution in [0.5, 0.6) is 0 Å². The van der Waals surface area contributed by atoms with E-state index in [0.717, 1.165) is 74.6 Å². The second-order valence-electron chi connectivity index (χ2n) is 8.16. The van der Waals surface area contributed by atoms with Gasteiger partial charge in [-0.25, -0.2) is 4.98 Å². The summed E-state index contributed by atoms with van der Waals surface area (Å²) >= 11 is 3.52. The number of amides is 1. The molecule has 2 saturated heterocycles. The van der Waals surface area contributed by atoms with E-state index in [4.69, 9.17) is 4.98 Å². The normalized spacial score (nSPS) is 21.9. The summed E-state index contributed by atoms with van der Waals surface area (Å²) in [7, 11) is 1.90. The standard InChI is InChI=1S/C22H30BrN5O/c1-17-22(29)25(2)10-13-27(17)9-3-8-26-11-14-28(15-12-26)21-7-4-18-16-19(23)5-6-20(18)24-21/h4-7,16-17H,3,8-15H2,1-2H3/t17-/m1/s1. The number of halogens is 1. The minimum absolute atomic E-state index is 0.0187. The van der Waals surface area contributed by atoms with E-state index in [2.05, 4.69) is 54.9 Å². The molecular formula is C22H30BrN5O. The van der Waals surface area contributed by atoms with E-state index >= 15 is 0 Å². The van der Waals surface area contributed by atoms with Crippen LogP contribution in [0.25, 0.3) is 10.9 Å². The van der Waals surface area contributed by atoms with Crippen LogP contribution < -0.4 is 4.90 Å². The van der Waals surface area contributed by atoms with Crippen LogP contribution in [-0.4, -0.2) is 91.0 Å². The topological polar surface area (TPSA) is 42.9 Å². The first-order valence-corrected chi connectivity index (χ1v) is 11.3. The summed E-state index contributed by atoms with van der Waals surface area (Å²) < 4.78 is 1.09. The molecule has 0 bridgehead atoms.